The Balaban J connectivity index is 2.96. The molecule has 1 aromatic carbocycles. The third kappa shape index (κ3) is 5.35. The summed E-state index contributed by atoms with van der Waals surface area (Å²) in [6.07, 6.45) is 1.53. The van der Waals surface area contributed by atoms with E-state index in [0.717, 1.165) is 0 Å². The van der Waals surface area contributed by atoms with Crippen LogP contribution in [0.1, 0.15) is 19.4 Å². The summed E-state index contributed by atoms with van der Waals surface area (Å²) in [5, 5.41) is 0. The molecule has 0 saturated heterocycles. The average Bonchev–Trinajstić information content (AvgIpc) is 2.47. The van der Waals surface area contributed by atoms with Gasteiger partial charge in [-0.25, -0.2) is 4.79 Å². The quantitative estimate of drug-likeness (QED) is 0.448. The summed E-state index contributed by atoms with van der Waals surface area (Å²) in [6, 6.07) is 5.23. The zero-order chi connectivity index (χ0) is 15.7. The number of methoxy groups -OCH3 is 1. The highest BCUT2D eigenvalue weighted by Gasteiger charge is 2.09. The number of carbonyl (C=O) groups is 1. The Morgan fingerprint density at radius 3 is 2.57 bits per heavy atom. The zero-order valence-electron chi connectivity index (χ0n) is 12.5. The molecular weight excluding hydrogens is 274 g/mol. The summed E-state index contributed by atoms with van der Waals surface area (Å²) in [5.41, 5.74) is 6.42. The summed E-state index contributed by atoms with van der Waals surface area (Å²) >= 11 is 0. The number of rotatable bonds is 8. The van der Waals surface area contributed by atoms with Crippen LogP contribution in [-0.2, 0) is 14.3 Å². The van der Waals surface area contributed by atoms with Gasteiger partial charge in [0.15, 0.2) is 18.3 Å². The lowest BCUT2D eigenvalue weighted by Gasteiger charge is -2.12. The SMILES string of the molecule is CCOC(=O)/C(N)=C/c1ccc(OCOC)c(OCC)c1. The van der Waals surface area contributed by atoms with Gasteiger partial charge < -0.3 is 24.7 Å². The van der Waals surface area contributed by atoms with Crippen molar-refractivity contribution < 1.29 is 23.7 Å². The van der Waals surface area contributed by atoms with E-state index in [1.54, 1.807) is 25.1 Å². The number of benzene rings is 1. The number of hydrogen-bond donors (Lipinski definition) is 1. The summed E-state index contributed by atoms with van der Waals surface area (Å²) < 4.78 is 20.6. The first-order valence-electron chi connectivity index (χ1n) is 6.65. The number of ether oxygens (including phenoxy) is 4. The Kier molecular flexibility index (Phi) is 7.11. The highest BCUT2D eigenvalue weighted by Crippen LogP contribution is 2.29. The topological polar surface area (TPSA) is 80.0 Å². The van der Waals surface area contributed by atoms with E-state index in [1.165, 1.54) is 13.2 Å². The van der Waals surface area contributed by atoms with Crippen LogP contribution >= 0.6 is 0 Å². The average molecular weight is 295 g/mol. The molecule has 0 aliphatic rings. The molecule has 0 bridgehead atoms. The minimum atomic E-state index is -0.546. The lowest BCUT2D eigenvalue weighted by Crippen LogP contribution is -2.14. The van der Waals surface area contributed by atoms with Crippen molar-refractivity contribution in [1.29, 1.82) is 0 Å². The second-order valence-electron chi connectivity index (χ2n) is 4.01. The second kappa shape index (κ2) is 8.86. The lowest BCUT2D eigenvalue weighted by molar-refractivity contribution is -0.138. The van der Waals surface area contributed by atoms with Gasteiger partial charge >= 0.3 is 5.97 Å². The molecule has 116 valence electrons. The third-order valence-corrected chi connectivity index (χ3v) is 2.43. The van der Waals surface area contributed by atoms with Crippen LogP contribution in [-0.4, -0.2) is 33.1 Å². The van der Waals surface area contributed by atoms with Crippen molar-refractivity contribution in [3.05, 3.63) is 29.5 Å². The molecule has 0 radical (unpaired) electrons. The fraction of sp³-hybridized carbons (Fsp3) is 0.400. The molecule has 0 unspecified atom stereocenters. The van der Waals surface area contributed by atoms with E-state index >= 15 is 0 Å². The van der Waals surface area contributed by atoms with Crippen LogP contribution in [0.3, 0.4) is 0 Å². The number of carbonyl (C=O) groups excluding carboxylic acids is 1. The lowest BCUT2D eigenvalue weighted by atomic mass is 10.1. The summed E-state index contributed by atoms with van der Waals surface area (Å²) in [6.45, 7) is 4.49. The van der Waals surface area contributed by atoms with E-state index in [4.69, 9.17) is 24.7 Å². The first-order chi connectivity index (χ1) is 10.1. The number of hydrogen-bond acceptors (Lipinski definition) is 6. The highest BCUT2D eigenvalue weighted by molar-refractivity contribution is 5.92. The Morgan fingerprint density at radius 2 is 1.95 bits per heavy atom. The largest absolute Gasteiger partial charge is 0.490 e. The molecule has 0 amide bonds. The smallest absolute Gasteiger partial charge is 0.354 e. The van der Waals surface area contributed by atoms with E-state index < -0.39 is 5.97 Å². The molecule has 6 heteroatoms. The maximum atomic E-state index is 11.5. The molecule has 0 saturated carbocycles. The molecule has 0 fully saturated rings. The number of nitrogens with two attached hydrogens (primary N) is 1. The van der Waals surface area contributed by atoms with Gasteiger partial charge in [0, 0.05) is 7.11 Å². The van der Waals surface area contributed by atoms with Crippen LogP contribution in [0.25, 0.3) is 6.08 Å². The van der Waals surface area contributed by atoms with Crippen molar-refractivity contribution >= 4 is 12.0 Å². The Morgan fingerprint density at radius 1 is 1.19 bits per heavy atom. The predicted octanol–water partition coefficient (Wildman–Crippen LogP) is 1.93. The predicted molar refractivity (Wildman–Crippen MR) is 78.9 cm³/mol. The van der Waals surface area contributed by atoms with Crippen LogP contribution in [0.15, 0.2) is 23.9 Å². The van der Waals surface area contributed by atoms with Gasteiger partial charge in [0.2, 0.25) is 0 Å². The Labute approximate surface area is 124 Å². The first kappa shape index (κ1) is 16.8. The molecular formula is C15H21NO5. The van der Waals surface area contributed by atoms with E-state index in [1.807, 2.05) is 6.92 Å². The van der Waals surface area contributed by atoms with Crippen molar-refractivity contribution in [3.63, 3.8) is 0 Å². The van der Waals surface area contributed by atoms with Crippen LogP contribution in [0.4, 0.5) is 0 Å². The Hall–Kier alpha value is -2.21. The molecule has 0 spiro atoms. The first-order valence-corrected chi connectivity index (χ1v) is 6.65. The molecule has 1 rings (SSSR count). The van der Waals surface area contributed by atoms with Gasteiger partial charge in [-0.15, -0.1) is 0 Å². The van der Waals surface area contributed by atoms with Crippen molar-refractivity contribution in [2.45, 2.75) is 13.8 Å². The molecule has 0 atom stereocenters. The van der Waals surface area contributed by atoms with Crippen molar-refractivity contribution in [2.24, 2.45) is 5.73 Å². The molecule has 1 aromatic rings. The van der Waals surface area contributed by atoms with Crippen LogP contribution in [0.2, 0.25) is 0 Å². The monoisotopic (exact) mass is 295 g/mol. The van der Waals surface area contributed by atoms with Crippen molar-refractivity contribution in [3.8, 4) is 11.5 Å². The van der Waals surface area contributed by atoms with Crippen LogP contribution in [0, 0.1) is 0 Å². The minimum absolute atomic E-state index is 0.0323. The summed E-state index contributed by atoms with van der Waals surface area (Å²) in [7, 11) is 1.54. The molecule has 0 heterocycles. The maximum Gasteiger partial charge on any atom is 0.354 e. The van der Waals surface area contributed by atoms with Crippen LogP contribution in [0.5, 0.6) is 11.5 Å². The fourth-order valence-electron chi connectivity index (χ4n) is 1.58. The van der Waals surface area contributed by atoms with E-state index in [-0.39, 0.29) is 19.1 Å². The fourth-order valence-corrected chi connectivity index (χ4v) is 1.58. The van der Waals surface area contributed by atoms with Gasteiger partial charge in [-0.1, -0.05) is 6.07 Å². The second-order valence-corrected chi connectivity index (χ2v) is 4.01. The summed E-state index contributed by atoms with van der Waals surface area (Å²) in [4.78, 5) is 11.5. The highest BCUT2D eigenvalue weighted by atomic mass is 16.7. The van der Waals surface area contributed by atoms with Crippen molar-refractivity contribution in [2.75, 3.05) is 27.1 Å². The van der Waals surface area contributed by atoms with Crippen LogP contribution < -0.4 is 15.2 Å². The van der Waals surface area contributed by atoms with Crippen molar-refractivity contribution in [1.82, 2.24) is 0 Å². The van der Waals surface area contributed by atoms with Gasteiger partial charge in [0.1, 0.15) is 5.70 Å². The molecule has 2 N–H and O–H groups in total. The van der Waals surface area contributed by atoms with Gasteiger partial charge in [0.05, 0.1) is 13.2 Å². The van der Waals surface area contributed by atoms with E-state index in [0.29, 0.717) is 23.7 Å². The zero-order valence-corrected chi connectivity index (χ0v) is 12.5. The molecule has 6 nitrogen and oxygen atoms in total. The van der Waals surface area contributed by atoms with Gasteiger partial charge in [-0.3, -0.25) is 0 Å². The van der Waals surface area contributed by atoms with Gasteiger partial charge in [0.25, 0.3) is 0 Å². The number of esters is 1. The maximum absolute atomic E-state index is 11.5. The summed E-state index contributed by atoms with van der Waals surface area (Å²) in [5.74, 6) is 0.570. The standard InChI is InChI=1S/C15H21NO5/c1-4-19-14-9-11(6-7-13(14)21-10-18-3)8-12(16)15(17)20-5-2/h6-9H,4-5,10,16H2,1-3H3/b12-8-. The normalized spacial score (nSPS) is 11.1. The van der Waals surface area contributed by atoms with Gasteiger partial charge in [-0.2, -0.15) is 0 Å². The molecule has 0 aromatic heterocycles. The molecule has 0 aliphatic carbocycles. The Bertz CT molecular complexity index is 499. The minimum Gasteiger partial charge on any atom is -0.490 e. The molecule has 0 aliphatic heterocycles. The third-order valence-electron chi connectivity index (χ3n) is 2.43. The van der Waals surface area contributed by atoms with E-state index in [2.05, 4.69) is 0 Å². The van der Waals surface area contributed by atoms with E-state index in [9.17, 15) is 4.79 Å². The molecule has 21 heavy (non-hydrogen) atoms. The van der Waals surface area contributed by atoms with Gasteiger partial charge in [-0.05, 0) is 37.6 Å².